The van der Waals surface area contributed by atoms with E-state index in [1.807, 2.05) is 50.2 Å². The van der Waals surface area contributed by atoms with Crippen molar-refractivity contribution < 1.29 is 14.0 Å². The zero-order valence-electron chi connectivity index (χ0n) is 20.9. The van der Waals surface area contributed by atoms with Gasteiger partial charge in [-0.05, 0) is 42.7 Å². The number of thioether (sulfide) groups is 1. The molecule has 0 saturated carbocycles. The first-order chi connectivity index (χ1) is 17.8. The van der Waals surface area contributed by atoms with Crippen LogP contribution in [-0.2, 0) is 28.3 Å². The molecule has 0 heterocycles. The largest absolute Gasteiger partial charge is 0.352 e. The van der Waals surface area contributed by atoms with Gasteiger partial charge in [-0.3, -0.25) is 9.59 Å². The Kier molecular flexibility index (Phi) is 11.3. The van der Waals surface area contributed by atoms with Gasteiger partial charge in [-0.2, -0.15) is 0 Å². The van der Waals surface area contributed by atoms with Crippen LogP contribution in [0.15, 0.2) is 72.8 Å². The zero-order chi connectivity index (χ0) is 26.8. The SMILES string of the molecule is CCC(C)NC(=O)C(Cc1ccccc1)N(Cc1ccccc1F)C(=O)CSCc1ccc(Cl)c(Cl)c1. The normalized spacial score (nSPS) is 12.6. The molecule has 0 bridgehead atoms. The Balaban J connectivity index is 1.86. The van der Waals surface area contributed by atoms with E-state index in [9.17, 15) is 14.0 Å². The number of nitrogens with zero attached hydrogens (tertiary/aromatic N) is 1. The summed E-state index contributed by atoms with van der Waals surface area (Å²) in [5.41, 5.74) is 2.21. The summed E-state index contributed by atoms with van der Waals surface area (Å²) < 4.78 is 14.6. The second kappa shape index (κ2) is 14.4. The van der Waals surface area contributed by atoms with E-state index in [4.69, 9.17) is 23.2 Å². The summed E-state index contributed by atoms with van der Waals surface area (Å²) in [6.45, 7) is 3.90. The van der Waals surface area contributed by atoms with Gasteiger partial charge >= 0.3 is 0 Å². The minimum atomic E-state index is -0.797. The molecule has 3 rings (SSSR count). The standard InChI is InChI=1S/C29H31Cl2FN2O2S/c1-3-20(2)33-29(36)27(16-21-9-5-4-6-10-21)34(17-23-11-7-8-12-26(23)32)28(35)19-37-18-22-13-14-24(30)25(31)15-22/h4-15,20,27H,3,16-19H2,1-2H3,(H,33,36). The highest BCUT2D eigenvalue weighted by molar-refractivity contribution is 7.99. The molecular formula is C29H31Cl2FN2O2S. The summed E-state index contributed by atoms with van der Waals surface area (Å²) in [6.07, 6.45) is 1.07. The number of hydrogen-bond acceptors (Lipinski definition) is 3. The van der Waals surface area contributed by atoms with Gasteiger partial charge in [0.25, 0.3) is 0 Å². The lowest BCUT2D eigenvalue weighted by Crippen LogP contribution is -2.52. The van der Waals surface area contributed by atoms with Gasteiger partial charge in [0.05, 0.1) is 15.8 Å². The van der Waals surface area contributed by atoms with Crippen LogP contribution < -0.4 is 5.32 Å². The molecule has 0 aliphatic carbocycles. The van der Waals surface area contributed by atoms with Gasteiger partial charge in [-0.1, -0.05) is 84.7 Å². The second-order valence-corrected chi connectivity index (χ2v) is 10.7. The van der Waals surface area contributed by atoms with Gasteiger partial charge in [0.1, 0.15) is 11.9 Å². The number of halogens is 3. The smallest absolute Gasteiger partial charge is 0.243 e. The number of carbonyl (C=O) groups is 2. The van der Waals surface area contributed by atoms with E-state index >= 15 is 0 Å². The van der Waals surface area contributed by atoms with Crippen LogP contribution in [-0.4, -0.2) is 34.6 Å². The molecule has 0 radical (unpaired) electrons. The van der Waals surface area contributed by atoms with E-state index in [2.05, 4.69) is 5.32 Å². The van der Waals surface area contributed by atoms with E-state index in [-0.39, 0.29) is 30.2 Å². The molecular weight excluding hydrogens is 530 g/mol. The van der Waals surface area contributed by atoms with E-state index in [0.717, 1.165) is 17.5 Å². The van der Waals surface area contributed by atoms with Gasteiger partial charge in [0.2, 0.25) is 11.8 Å². The summed E-state index contributed by atoms with van der Waals surface area (Å²) in [6, 6.07) is 20.4. The van der Waals surface area contributed by atoms with Gasteiger partial charge < -0.3 is 10.2 Å². The second-order valence-electron chi connectivity index (χ2n) is 8.88. The Morgan fingerprint density at radius 3 is 2.35 bits per heavy atom. The topological polar surface area (TPSA) is 49.4 Å². The molecule has 0 aliphatic rings. The van der Waals surface area contributed by atoms with Crippen LogP contribution in [0.1, 0.15) is 37.0 Å². The lowest BCUT2D eigenvalue weighted by molar-refractivity contribution is -0.139. The maximum Gasteiger partial charge on any atom is 0.243 e. The summed E-state index contributed by atoms with van der Waals surface area (Å²) in [4.78, 5) is 28.6. The van der Waals surface area contributed by atoms with Crippen molar-refractivity contribution in [1.29, 1.82) is 0 Å². The Hall–Kier alpha value is -2.54. The van der Waals surface area contributed by atoms with E-state index in [0.29, 0.717) is 27.8 Å². The van der Waals surface area contributed by atoms with Crippen LogP contribution in [0.3, 0.4) is 0 Å². The third-order valence-corrected chi connectivity index (χ3v) is 7.78. The number of hydrogen-bond donors (Lipinski definition) is 1. The van der Waals surface area contributed by atoms with E-state index < -0.39 is 11.9 Å². The molecule has 2 atom stereocenters. The summed E-state index contributed by atoms with van der Waals surface area (Å²) in [5.74, 6) is -0.245. The van der Waals surface area contributed by atoms with Crippen LogP contribution in [0.2, 0.25) is 10.0 Å². The van der Waals surface area contributed by atoms with Crippen LogP contribution in [0.4, 0.5) is 4.39 Å². The molecule has 3 aromatic rings. The fourth-order valence-corrected chi connectivity index (χ4v) is 4.95. The van der Waals surface area contributed by atoms with Crippen molar-refractivity contribution in [2.45, 2.75) is 51.1 Å². The zero-order valence-corrected chi connectivity index (χ0v) is 23.3. The van der Waals surface area contributed by atoms with Gasteiger partial charge in [-0.25, -0.2) is 4.39 Å². The summed E-state index contributed by atoms with van der Waals surface area (Å²) in [5, 5.41) is 3.94. The first-order valence-electron chi connectivity index (χ1n) is 12.2. The number of nitrogens with one attached hydrogen (secondary N) is 1. The molecule has 196 valence electrons. The molecule has 1 N–H and O–H groups in total. The number of amides is 2. The third-order valence-electron chi connectivity index (χ3n) is 6.05. The first kappa shape index (κ1) is 29.0. The van der Waals surface area contributed by atoms with Crippen molar-refractivity contribution in [2.75, 3.05) is 5.75 Å². The van der Waals surface area contributed by atoms with Crippen molar-refractivity contribution in [1.82, 2.24) is 10.2 Å². The summed E-state index contributed by atoms with van der Waals surface area (Å²) >= 11 is 13.5. The van der Waals surface area contributed by atoms with E-state index in [1.54, 1.807) is 30.3 Å². The molecule has 0 fully saturated rings. The summed E-state index contributed by atoms with van der Waals surface area (Å²) in [7, 11) is 0. The van der Waals surface area contributed by atoms with Gasteiger partial charge in [0.15, 0.2) is 0 Å². The predicted molar refractivity (Wildman–Crippen MR) is 151 cm³/mol. The maximum atomic E-state index is 14.6. The van der Waals surface area contributed by atoms with E-state index in [1.165, 1.54) is 22.7 Å². The monoisotopic (exact) mass is 560 g/mol. The molecule has 2 unspecified atom stereocenters. The molecule has 0 aromatic heterocycles. The Bertz CT molecular complexity index is 1200. The average Bonchev–Trinajstić information content (AvgIpc) is 2.89. The Morgan fingerprint density at radius 2 is 1.68 bits per heavy atom. The number of carbonyl (C=O) groups excluding carboxylic acids is 2. The highest BCUT2D eigenvalue weighted by atomic mass is 35.5. The molecule has 4 nitrogen and oxygen atoms in total. The molecule has 0 spiro atoms. The molecule has 0 saturated heterocycles. The van der Waals surface area contributed by atoms with Crippen LogP contribution in [0.25, 0.3) is 0 Å². The molecule has 37 heavy (non-hydrogen) atoms. The number of benzene rings is 3. The van der Waals surface area contributed by atoms with Gasteiger partial charge in [-0.15, -0.1) is 11.8 Å². The van der Waals surface area contributed by atoms with Crippen molar-refractivity contribution in [3.63, 3.8) is 0 Å². The van der Waals surface area contributed by atoms with Gasteiger partial charge in [0, 0.05) is 30.3 Å². The van der Waals surface area contributed by atoms with Crippen LogP contribution in [0.5, 0.6) is 0 Å². The van der Waals surface area contributed by atoms with Crippen molar-refractivity contribution in [3.8, 4) is 0 Å². The molecule has 3 aromatic carbocycles. The van der Waals surface area contributed by atoms with Crippen LogP contribution >= 0.6 is 35.0 Å². The van der Waals surface area contributed by atoms with Crippen molar-refractivity contribution in [2.24, 2.45) is 0 Å². The number of rotatable bonds is 12. The fourth-order valence-electron chi connectivity index (χ4n) is 3.77. The van der Waals surface area contributed by atoms with Crippen LogP contribution in [0, 0.1) is 5.82 Å². The predicted octanol–water partition coefficient (Wildman–Crippen LogP) is 6.92. The quantitative estimate of drug-likeness (QED) is 0.261. The molecule has 2 amide bonds. The Morgan fingerprint density at radius 1 is 0.973 bits per heavy atom. The first-order valence-corrected chi connectivity index (χ1v) is 14.1. The highest BCUT2D eigenvalue weighted by Crippen LogP contribution is 2.25. The fraction of sp³-hybridized carbons (Fsp3) is 0.310. The Labute approximate surface area is 232 Å². The molecule has 8 heteroatoms. The van der Waals surface area contributed by atoms with Crippen molar-refractivity contribution >= 4 is 46.8 Å². The van der Waals surface area contributed by atoms with Crippen molar-refractivity contribution in [3.05, 3.63) is 105 Å². The minimum Gasteiger partial charge on any atom is -0.352 e. The lowest BCUT2D eigenvalue weighted by atomic mass is 10.0. The highest BCUT2D eigenvalue weighted by Gasteiger charge is 2.31. The maximum absolute atomic E-state index is 14.6. The minimum absolute atomic E-state index is 0.00966. The lowest BCUT2D eigenvalue weighted by Gasteiger charge is -2.32. The third kappa shape index (κ3) is 8.77. The molecule has 0 aliphatic heterocycles. The average molecular weight is 562 g/mol.